The SMILES string of the molecule is Cl.Cn1nnnc1SCCNCc1c(OCc2ccc(F)cc2)ccc2ccccc12. The van der Waals surface area contributed by atoms with E-state index in [1.807, 2.05) is 25.2 Å². The minimum Gasteiger partial charge on any atom is -0.489 e. The molecule has 0 bridgehead atoms. The highest BCUT2D eigenvalue weighted by atomic mass is 35.5. The summed E-state index contributed by atoms with van der Waals surface area (Å²) in [5.41, 5.74) is 2.04. The highest BCUT2D eigenvalue weighted by Gasteiger charge is 2.10. The Kier molecular flexibility index (Phi) is 8.22. The molecule has 31 heavy (non-hydrogen) atoms. The summed E-state index contributed by atoms with van der Waals surface area (Å²) in [5.74, 6) is 1.44. The van der Waals surface area contributed by atoms with Gasteiger partial charge in [-0.25, -0.2) is 9.07 Å². The normalized spacial score (nSPS) is 10.8. The van der Waals surface area contributed by atoms with Crippen molar-refractivity contribution < 1.29 is 9.13 Å². The Balaban J connectivity index is 0.00000272. The molecule has 9 heteroatoms. The van der Waals surface area contributed by atoms with E-state index in [2.05, 4.69) is 39.0 Å². The zero-order valence-electron chi connectivity index (χ0n) is 17.0. The summed E-state index contributed by atoms with van der Waals surface area (Å²) in [6.45, 7) is 1.87. The van der Waals surface area contributed by atoms with E-state index in [-0.39, 0.29) is 18.2 Å². The van der Waals surface area contributed by atoms with Gasteiger partial charge in [-0.15, -0.1) is 17.5 Å². The van der Waals surface area contributed by atoms with Crippen LogP contribution in [0.3, 0.4) is 0 Å². The summed E-state index contributed by atoms with van der Waals surface area (Å²) in [5, 5.41) is 18.1. The van der Waals surface area contributed by atoms with Gasteiger partial charge in [0.15, 0.2) is 0 Å². The van der Waals surface area contributed by atoms with Crippen molar-refractivity contribution in [3.8, 4) is 5.75 Å². The number of aryl methyl sites for hydroxylation is 1. The molecule has 0 unspecified atom stereocenters. The van der Waals surface area contributed by atoms with Crippen molar-refractivity contribution in [2.45, 2.75) is 18.3 Å². The number of aromatic nitrogens is 4. The standard InChI is InChI=1S/C22H22FN5OS.ClH/c1-28-22(25-26-27-28)30-13-12-24-14-20-19-5-3-2-4-17(19)8-11-21(20)29-15-16-6-9-18(23)10-7-16;/h2-11,24H,12-15H2,1H3;1H. The second kappa shape index (κ2) is 11.1. The van der Waals surface area contributed by atoms with Gasteiger partial charge in [-0.1, -0.05) is 54.2 Å². The van der Waals surface area contributed by atoms with Gasteiger partial charge in [-0.3, -0.25) is 0 Å². The monoisotopic (exact) mass is 459 g/mol. The zero-order chi connectivity index (χ0) is 20.8. The van der Waals surface area contributed by atoms with E-state index < -0.39 is 0 Å². The molecule has 3 aromatic carbocycles. The molecule has 4 aromatic rings. The van der Waals surface area contributed by atoms with E-state index in [0.717, 1.165) is 39.7 Å². The van der Waals surface area contributed by atoms with E-state index in [1.165, 1.54) is 17.5 Å². The van der Waals surface area contributed by atoms with Crippen LogP contribution in [0, 0.1) is 5.82 Å². The number of benzene rings is 3. The van der Waals surface area contributed by atoms with Gasteiger partial charge in [-0.2, -0.15) is 0 Å². The number of rotatable bonds is 9. The van der Waals surface area contributed by atoms with E-state index in [0.29, 0.717) is 13.2 Å². The predicted octanol–water partition coefficient (Wildman–Crippen LogP) is 4.39. The maximum Gasteiger partial charge on any atom is 0.209 e. The Morgan fingerprint density at radius 1 is 1.06 bits per heavy atom. The molecule has 0 aliphatic rings. The molecule has 0 saturated heterocycles. The van der Waals surface area contributed by atoms with Gasteiger partial charge in [0, 0.05) is 31.5 Å². The Morgan fingerprint density at radius 3 is 2.65 bits per heavy atom. The first kappa shape index (κ1) is 23.0. The number of halogens is 2. The summed E-state index contributed by atoms with van der Waals surface area (Å²) < 4.78 is 20.9. The number of hydrogen-bond donors (Lipinski definition) is 1. The third-order valence-electron chi connectivity index (χ3n) is 4.70. The first-order chi connectivity index (χ1) is 14.7. The smallest absolute Gasteiger partial charge is 0.209 e. The fraction of sp³-hybridized carbons (Fsp3) is 0.227. The van der Waals surface area contributed by atoms with Crippen molar-refractivity contribution in [2.24, 2.45) is 7.05 Å². The van der Waals surface area contributed by atoms with Gasteiger partial charge in [0.1, 0.15) is 18.2 Å². The summed E-state index contributed by atoms with van der Waals surface area (Å²) in [6, 6.07) is 18.7. The molecule has 0 radical (unpaired) electrons. The molecule has 0 aliphatic heterocycles. The van der Waals surface area contributed by atoms with Gasteiger partial charge in [0.2, 0.25) is 5.16 Å². The predicted molar refractivity (Wildman–Crippen MR) is 123 cm³/mol. The molecule has 0 saturated carbocycles. The molecule has 1 N–H and O–H groups in total. The van der Waals surface area contributed by atoms with Crippen LogP contribution in [0.2, 0.25) is 0 Å². The van der Waals surface area contributed by atoms with Crippen LogP contribution >= 0.6 is 24.2 Å². The third kappa shape index (κ3) is 5.94. The molecule has 6 nitrogen and oxygen atoms in total. The fourth-order valence-electron chi connectivity index (χ4n) is 3.15. The van der Waals surface area contributed by atoms with Crippen LogP contribution in [0.25, 0.3) is 10.8 Å². The molecular weight excluding hydrogens is 437 g/mol. The van der Waals surface area contributed by atoms with E-state index in [4.69, 9.17) is 4.74 Å². The lowest BCUT2D eigenvalue weighted by atomic mass is 10.0. The number of nitrogens with zero attached hydrogens (tertiary/aromatic N) is 4. The van der Waals surface area contributed by atoms with Gasteiger partial charge >= 0.3 is 0 Å². The van der Waals surface area contributed by atoms with Crippen molar-refractivity contribution in [3.63, 3.8) is 0 Å². The minimum atomic E-state index is -0.246. The maximum absolute atomic E-state index is 13.1. The lowest BCUT2D eigenvalue weighted by Crippen LogP contribution is -2.17. The quantitative estimate of drug-likeness (QED) is 0.296. The first-order valence-electron chi connectivity index (χ1n) is 9.64. The van der Waals surface area contributed by atoms with Crippen LogP contribution in [0.1, 0.15) is 11.1 Å². The van der Waals surface area contributed by atoms with Crippen LogP contribution in [0.15, 0.2) is 65.8 Å². The number of ether oxygens (including phenoxy) is 1. The lowest BCUT2D eigenvalue weighted by Gasteiger charge is -2.15. The summed E-state index contributed by atoms with van der Waals surface area (Å²) in [4.78, 5) is 0. The summed E-state index contributed by atoms with van der Waals surface area (Å²) in [6.07, 6.45) is 0. The molecule has 0 spiro atoms. The van der Waals surface area contributed by atoms with Gasteiger partial charge in [-0.05, 0) is 45.0 Å². The topological polar surface area (TPSA) is 64.9 Å². The van der Waals surface area contributed by atoms with Gasteiger partial charge in [0.25, 0.3) is 0 Å². The van der Waals surface area contributed by atoms with E-state index in [1.54, 1.807) is 28.6 Å². The number of thioether (sulfide) groups is 1. The molecule has 0 fully saturated rings. The van der Waals surface area contributed by atoms with E-state index >= 15 is 0 Å². The number of fused-ring (bicyclic) bond motifs is 1. The Bertz CT molecular complexity index is 1120. The summed E-state index contributed by atoms with van der Waals surface area (Å²) >= 11 is 1.61. The number of nitrogens with one attached hydrogen (secondary N) is 1. The van der Waals surface area contributed by atoms with Crippen LogP contribution in [-0.4, -0.2) is 32.5 Å². The van der Waals surface area contributed by atoms with Crippen molar-refractivity contribution >= 4 is 34.9 Å². The van der Waals surface area contributed by atoms with Crippen LogP contribution in [0.5, 0.6) is 5.75 Å². The van der Waals surface area contributed by atoms with Crippen molar-refractivity contribution in [3.05, 3.63) is 77.6 Å². The fourth-order valence-corrected chi connectivity index (χ4v) is 3.89. The average molecular weight is 460 g/mol. The van der Waals surface area contributed by atoms with E-state index in [9.17, 15) is 4.39 Å². The average Bonchev–Trinajstić information content (AvgIpc) is 3.18. The highest BCUT2D eigenvalue weighted by Crippen LogP contribution is 2.29. The number of hydrogen-bond acceptors (Lipinski definition) is 6. The summed E-state index contributed by atoms with van der Waals surface area (Å²) in [7, 11) is 1.83. The van der Waals surface area contributed by atoms with Gasteiger partial charge in [0.05, 0.1) is 0 Å². The van der Waals surface area contributed by atoms with Crippen LogP contribution < -0.4 is 10.1 Å². The molecule has 0 atom stereocenters. The van der Waals surface area contributed by atoms with Crippen molar-refractivity contribution in [1.82, 2.24) is 25.5 Å². The molecular formula is C22H23ClFN5OS. The lowest BCUT2D eigenvalue weighted by molar-refractivity contribution is 0.302. The largest absolute Gasteiger partial charge is 0.489 e. The molecule has 0 aliphatic carbocycles. The minimum absolute atomic E-state index is 0. The van der Waals surface area contributed by atoms with Crippen molar-refractivity contribution in [2.75, 3.05) is 12.3 Å². The Hall–Kier alpha value is -2.68. The second-order valence-electron chi connectivity index (χ2n) is 6.79. The second-order valence-corrected chi connectivity index (χ2v) is 7.85. The Labute approximate surface area is 190 Å². The molecule has 1 aromatic heterocycles. The zero-order valence-corrected chi connectivity index (χ0v) is 18.6. The third-order valence-corrected chi connectivity index (χ3v) is 5.71. The van der Waals surface area contributed by atoms with Gasteiger partial charge < -0.3 is 10.1 Å². The molecule has 4 rings (SSSR count). The molecule has 162 valence electrons. The van der Waals surface area contributed by atoms with Crippen molar-refractivity contribution in [1.29, 1.82) is 0 Å². The molecule has 1 heterocycles. The highest BCUT2D eigenvalue weighted by molar-refractivity contribution is 7.99. The number of tetrazole rings is 1. The van der Waals surface area contributed by atoms with Crippen LogP contribution in [0.4, 0.5) is 4.39 Å². The maximum atomic E-state index is 13.1. The first-order valence-corrected chi connectivity index (χ1v) is 10.6. The Morgan fingerprint density at radius 2 is 1.87 bits per heavy atom. The molecule has 0 amide bonds. The van der Waals surface area contributed by atoms with Crippen LogP contribution in [-0.2, 0) is 20.2 Å².